The molecule has 3 amide bonds. The molecule has 0 aromatic heterocycles. The van der Waals surface area contributed by atoms with Crippen LogP contribution in [-0.4, -0.2) is 30.9 Å². The number of hydrogen-bond donors (Lipinski definition) is 4. The minimum atomic E-state index is -1.40. The Morgan fingerprint density at radius 2 is 2.00 bits per heavy atom. The fourth-order valence-electron chi connectivity index (χ4n) is 4.67. The Kier molecular flexibility index (Phi) is 5.79. The summed E-state index contributed by atoms with van der Waals surface area (Å²) < 4.78 is 5.32. The second-order valence-corrected chi connectivity index (χ2v) is 8.91. The molecular weight excluding hydrogens is 455 g/mol. The molecular formula is C22H22Cl2N4O4. The molecule has 32 heavy (non-hydrogen) atoms. The van der Waals surface area contributed by atoms with Crippen molar-refractivity contribution >= 4 is 52.3 Å². The van der Waals surface area contributed by atoms with Crippen molar-refractivity contribution in [3.05, 3.63) is 51.5 Å². The maximum absolute atomic E-state index is 13.5. The Bertz CT molecular complexity index is 1140. The van der Waals surface area contributed by atoms with Crippen LogP contribution in [0.5, 0.6) is 5.75 Å². The van der Waals surface area contributed by atoms with Gasteiger partial charge in [0.1, 0.15) is 11.3 Å². The molecule has 0 bridgehead atoms. The van der Waals surface area contributed by atoms with Crippen LogP contribution in [0.15, 0.2) is 30.3 Å². The average Bonchev–Trinajstić information content (AvgIpc) is 3.21. The monoisotopic (exact) mass is 476 g/mol. The first kappa shape index (κ1) is 22.4. The van der Waals surface area contributed by atoms with Crippen molar-refractivity contribution in [1.29, 1.82) is 0 Å². The molecule has 0 saturated carbocycles. The summed E-state index contributed by atoms with van der Waals surface area (Å²) in [7, 11) is 1.48. The molecule has 1 saturated heterocycles. The minimum Gasteiger partial charge on any atom is -0.495 e. The van der Waals surface area contributed by atoms with E-state index in [-0.39, 0.29) is 18.7 Å². The molecule has 2 aliphatic rings. The number of ether oxygens (including phenoxy) is 1. The number of benzene rings is 2. The van der Waals surface area contributed by atoms with Crippen molar-refractivity contribution in [1.82, 2.24) is 5.32 Å². The Balaban J connectivity index is 1.78. The third-order valence-corrected chi connectivity index (χ3v) is 6.43. The number of methoxy groups -OCH3 is 1. The van der Waals surface area contributed by atoms with Gasteiger partial charge >= 0.3 is 0 Å². The smallest absolute Gasteiger partial charge is 0.250 e. The third-order valence-electron chi connectivity index (χ3n) is 5.98. The number of rotatable bonds is 5. The maximum Gasteiger partial charge on any atom is 0.250 e. The van der Waals surface area contributed by atoms with Gasteiger partial charge in [-0.1, -0.05) is 23.2 Å². The van der Waals surface area contributed by atoms with Gasteiger partial charge in [-0.15, -0.1) is 0 Å². The summed E-state index contributed by atoms with van der Waals surface area (Å²) in [5, 5.41) is 9.79. The maximum atomic E-state index is 13.5. The van der Waals surface area contributed by atoms with Crippen LogP contribution in [-0.2, 0) is 19.9 Å². The van der Waals surface area contributed by atoms with E-state index in [1.165, 1.54) is 7.11 Å². The lowest BCUT2D eigenvalue weighted by molar-refractivity contribution is -0.130. The molecule has 2 heterocycles. The van der Waals surface area contributed by atoms with Gasteiger partial charge in [0.05, 0.1) is 18.7 Å². The van der Waals surface area contributed by atoms with Crippen LogP contribution >= 0.6 is 23.2 Å². The zero-order chi connectivity index (χ0) is 23.2. The fraction of sp³-hybridized carbons (Fsp3) is 0.318. The number of halogens is 2. The van der Waals surface area contributed by atoms with E-state index in [1.807, 2.05) is 6.92 Å². The molecule has 168 valence electrons. The van der Waals surface area contributed by atoms with Gasteiger partial charge in [0.25, 0.3) is 0 Å². The number of anilines is 2. The standard InChI is InChI=1S/C22H22Cl2N4O4/c1-10-5-12(24)6-14-19(10)27-21(31)22(14)15(8-13(28-22)9-18(25)29)20(30)26-16-7-11(23)3-4-17(16)32-2/h3-7,13,15,28H,8-9H2,1-2H3,(H2,25,29)(H,26,30)(H,27,31)/t13-,15-,22+/m0/s1. The van der Waals surface area contributed by atoms with Crippen LogP contribution in [0.25, 0.3) is 0 Å². The van der Waals surface area contributed by atoms with Crippen molar-refractivity contribution in [2.45, 2.75) is 31.3 Å². The lowest BCUT2D eigenvalue weighted by atomic mass is 9.79. The first-order chi connectivity index (χ1) is 15.1. The number of amides is 3. The largest absolute Gasteiger partial charge is 0.495 e. The topological polar surface area (TPSA) is 123 Å². The Labute approximate surface area is 194 Å². The number of primary amides is 1. The number of nitrogens with one attached hydrogen (secondary N) is 3. The van der Waals surface area contributed by atoms with E-state index in [4.69, 9.17) is 33.7 Å². The van der Waals surface area contributed by atoms with E-state index in [0.29, 0.717) is 32.7 Å². The zero-order valence-electron chi connectivity index (χ0n) is 17.4. The SMILES string of the molecule is COc1ccc(Cl)cc1NC(=O)[C@@H]1C[C@@H](CC(N)=O)N[C@@]12C(=O)Nc1c(C)cc(Cl)cc12. The van der Waals surface area contributed by atoms with Crippen LogP contribution in [0.4, 0.5) is 11.4 Å². The van der Waals surface area contributed by atoms with Crippen molar-refractivity contribution in [3.63, 3.8) is 0 Å². The number of carbonyl (C=O) groups excluding carboxylic acids is 3. The predicted octanol–water partition coefficient (Wildman–Crippen LogP) is 2.95. The highest BCUT2D eigenvalue weighted by atomic mass is 35.5. The average molecular weight is 477 g/mol. The summed E-state index contributed by atoms with van der Waals surface area (Å²) in [5.74, 6) is -1.77. The van der Waals surface area contributed by atoms with Crippen LogP contribution in [0.3, 0.4) is 0 Å². The lowest BCUT2D eigenvalue weighted by Gasteiger charge is -2.29. The van der Waals surface area contributed by atoms with Gasteiger partial charge in [0.2, 0.25) is 17.7 Å². The molecule has 3 atom stereocenters. The predicted molar refractivity (Wildman–Crippen MR) is 122 cm³/mol. The number of fused-ring (bicyclic) bond motifs is 2. The molecule has 10 heteroatoms. The summed E-state index contributed by atoms with van der Waals surface area (Å²) in [4.78, 5) is 38.5. The van der Waals surface area contributed by atoms with Crippen LogP contribution in [0, 0.1) is 12.8 Å². The summed E-state index contributed by atoms with van der Waals surface area (Å²) in [6, 6.07) is 7.78. The Morgan fingerprint density at radius 3 is 2.69 bits per heavy atom. The number of aryl methyl sites for hydroxylation is 1. The molecule has 4 rings (SSSR count). The van der Waals surface area contributed by atoms with Crippen LogP contribution < -0.4 is 26.4 Å². The van der Waals surface area contributed by atoms with E-state index in [9.17, 15) is 14.4 Å². The molecule has 2 aromatic carbocycles. The van der Waals surface area contributed by atoms with Gasteiger partial charge < -0.3 is 21.1 Å². The summed E-state index contributed by atoms with van der Waals surface area (Å²) in [5.41, 5.74) is 6.32. The summed E-state index contributed by atoms with van der Waals surface area (Å²) in [6.45, 7) is 1.83. The molecule has 2 aliphatic heterocycles. The normalized spacial score (nSPS) is 23.7. The van der Waals surface area contributed by atoms with Gasteiger partial charge in [-0.3, -0.25) is 19.7 Å². The Hall–Kier alpha value is -2.81. The molecule has 0 radical (unpaired) electrons. The molecule has 2 aromatic rings. The molecule has 0 aliphatic carbocycles. The van der Waals surface area contributed by atoms with Crippen LogP contribution in [0.1, 0.15) is 24.0 Å². The van der Waals surface area contributed by atoms with Crippen molar-refractivity contribution in [2.75, 3.05) is 17.7 Å². The highest BCUT2D eigenvalue weighted by Gasteiger charge is 2.60. The Morgan fingerprint density at radius 1 is 1.25 bits per heavy atom. The van der Waals surface area contributed by atoms with Gasteiger partial charge in [-0.2, -0.15) is 0 Å². The number of carbonyl (C=O) groups is 3. The molecule has 5 N–H and O–H groups in total. The van der Waals surface area contributed by atoms with Gasteiger partial charge in [0, 0.05) is 33.8 Å². The van der Waals surface area contributed by atoms with Crippen molar-refractivity contribution < 1.29 is 19.1 Å². The first-order valence-electron chi connectivity index (χ1n) is 9.98. The van der Waals surface area contributed by atoms with Gasteiger partial charge in [-0.25, -0.2) is 0 Å². The van der Waals surface area contributed by atoms with E-state index in [1.54, 1.807) is 30.3 Å². The zero-order valence-corrected chi connectivity index (χ0v) is 18.9. The second-order valence-electron chi connectivity index (χ2n) is 8.04. The fourth-order valence-corrected chi connectivity index (χ4v) is 5.11. The highest BCUT2D eigenvalue weighted by molar-refractivity contribution is 6.31. The van der Waals surface area contributed by atoms with Crippen molar-refractivity contribution in [3.8, 4) is 5.75 Å². The quantitative estimate of drug-likeness (QED) is 0.528. The molecule has 1 spiro atoms. The second kappa shape index (κ2) is 8.27. The number of hydrogen-bond acceptors (Lipinski definition) is 5. The highest BCUT2D eigenvalue weighted by Crippen LogP contribution is 2.49. The van der Waals surface area contributed by atoms with E-state index < -0.39 is 29.3 Å². The molecule has 0 unspecified atom stereocenters. The molecule has 1 fully saturated rings. The van der Waals surface area contributed by atoms with Crippen molar-refractivity contribution in [2.24, 2.45) is 11.7 Å². The third kappa shape index (κ3) is 3.68. The number of nitrogens with two attached hydrogens (primary N) is 1. The summed E-state index contributed by atoms with van der Waals surface area (Å²) >= 11 is 12.4. The van der Waals surface area contributed by atoms with E-state index in [2.05, 4.69) is 16.0 Å². The first-order valence-corrected chi connectivity index (χ1v) is 10.7. The summed E-state index contributed by atoms with van der Waals surface area (Å²) in [6.07, 6.45) is 0.199. The van der Waals surface area contributed by atoms with Gasteiger partial charge in [-0.05, 0) is 49.2 Å². The van der Waals surface area contributed by atoms with Crippen LogP contribution in [0.2, 0.25) is 10.0 Å². The van der Waals surface area contributed by atoms with E-state index >= 15 is 0 Å². The van der Waals surface area contributed by atoms with Gasteiger partial charge in [0.15, 0.2) is 0 Å². The molecule has 8 nitrogen and oxygen atoms in total. The van der Waals surface area contributed by atoms with E-state index in [0.717, 1.165) is 5.56 Å². The minimum absolute atomic E-state index is 0.0197. The lowest BCUT2D eigenvalue weighted by Crippen LogP contribution is -2.52.